The van der Waals surface area contributed by atoms with Crippen LogP contribution < -0.4 is 5.32 Å². The van der Waals surface area contributed by atoms with Crippen LogP contribution in [-0.2, 0) is 4.79 Å². The number of nitrogens with one attached hydrogen (secondary N) is 1. The van der Waals surface area contributed by atoms with Gasteiger partial charge in [-0.1, -0.05) is 20.8 Å². The predicted octanol–water partition coefficient (Wildman–Crippen LogP) is 2.41. The normalized spacial score (nSPS) is 25.9. The first-order chi connectivity index (χ1) is 7.67. The largest absolute Gasteiger partial charge is 0.336 e. The van der Waals surface area contributed by atoms with Gasteiger partial charge in [0, 0.05) is 12.1 Å². The lowest BCUT2D eigenvalue weighted by molar-refractivity contribution is -0.139. The van der Waals surface area contributed by atoms with E-state index in [1.807, 2.05) is 7.05 Å². The van der Waals surface area contributed by atoms with E-state index in [2.05, 4.69) is 44.8 Å². The fourth-order valence-electron chi connectivity index (χ4n) is 2.52. The molecule has 3 nitrogen and oxygen atoms in total. The molecule has 0 radical (unpaired) electrons. The van der Waals surface area contributed by atoms with Gasteiger partial charge in [-0.3, -0.25) is 4.79 Å². The molecule has 0 bridgehead atoms. The molecule has 1 aliphatic rings. The molecule has 0 saturated carbocycles. The minimum Gasteiger partial charge on any atom is -0.336 e. The Labute approximate surface area is 106 Å². The van der Waals surface area contributed by atoms with Crippen molar-refractivity contribution in [1.29, 1.82) is 0 Å². The first-order valence-corrected chi connectivity index (χ1v) is 6.66. The zero-order valence-electron chi connectivity index (χ0n) is 12.3. The number of amides is 1. The molecule has 0 aromatic rings. The lowest BCUT2D eigenvalue weighted by Crippen LogP contribution is -2.54. The summed E-state index contributed by atoms with van der Waals surface area (Å²) in [6.07, 6.45) is 3.16. The topological polar surface area (TPSA) is 32.3 Å². The molecule has 1 N–H and O–H groups in total. The Morgan fingerprint density at radius 1 is 1.41 bits per heavy atom. The molecule has 1 atom stereocenters. The van der Waals surface area contributed by atoms with E-state index in [1.165, 1.54) is 0 Å². The Balaban J connectivity index is 2.95. The van der Waals surface area contributed by atoms with Crippen LogP contribution in [0.2, 0.25) is 0 Å². The number of likely N-dealkylation sites (tertiary alicyclic amines) is 1. The fraction of sp³-hybridized carbons (Fsp3) is 0.929. The highest BCUT2D eigenvalue weighted by Gasteiger charge is 2.38. The molecule has 3 heteroatoms. The Kier molecular flexibility index (Phi) is 4.23. The monoisotopic (exact) mass is 240 g/mol. The van der Waals surface area contributed by atoms with Crippen LogP contribution in [0.25, 0.3) is 0 Å². The van der Waals surface area contributed by atoms with Crippen molar-refractivity contribution in [1.82, 2.24) is 10.2 Å². The van der Waals surface area contributed by atoms with Crippen LogP contribution in [0, 0.1) is 5.41 Å². The lowest BCUT2D eigenvalue weighted by Gasteiger charge is -2.42. The summed E-state index contributed by atoms with van der Waals surface area (Å²) in [5, 5.41) is 3.16. The van der Waals surface area contributed by atoms with Crippen molar-refractivity contribution < 1.29 is 4.79 Å². The molecule has 1 fully saturated rings. The van der Waals surface area contributed by atoms with Crippen LogP contribution in [0.5, 0.6) is 0 Å². The summed E-state index contributed by atoms with van der Waals surface area (Å²) in [6.45, 7) is 11.8. The quantitative estimate of drug-likeness (QED) is 0.804. The van der Waals surface area contributed by atoms with Crippen molar-refractivity contribution in [2.75, 3.05) is 13.6 Å². The lowest BCUT2D eigenvalue weighted by atomic mass is 9.90. The van der Waals surface area contributed by atoms with Gasteiger partial charge in [-0.15, -0.1) is 0 Å². The van der Waals surface area contributed by atoms with Crippen molar-refractivity contribution in [3.63, 3.8) is 0 Å². The van der Waals surface area contributed by atoms with E-state index in [1.54, 1.807) is 0 Å². The van der Waals surface area contributed by atoms with Crippen LogP contribution in [0.4, 0.5) is 0 Å². The van der Waals surface area contributed by atoms with E-state index in [0.717, 1.165) is 25.8 Å². The zero-order chi connectivity index (χ0) is 13.3. The number of likely N-dealkylation sites (N-methyl/N-ethyl adjacent to an activating group) is 1. The van der Waals surface area contributed by atoms with Crippen LogP contribution >= 0.6 is 0 Å². The van der Waals surface area contributed by atoms with Crippen LogP contribution in [0.3, 0.4) is 0 Å². The molecule has 100 valence electrons. The Morgan fingerprint density at radius 2 is 2.00 bits per heavy atom. The standard InChI is InChI=1S/C14H28N2O/c1-13(2,3)10-16-12(17)11(15-6)8-7-9-14(16,4)5/h11,15H,7-10H2,1-6H3. The Bertz CT molecular complexity index is 278. The summed E-state index contributed by atoms with van der Waals surface area (Å²) in [5.74, 6) is 0.268. The highest BCUT2D eigenvalue weighted by molar-refractivity contribution is 5.83. The fourth-order valence-corrected chi connectivity index (χ4v) is 2.52. The summed E-state index contributed by atoms with van der Waals surface area (Å²) in [7, 11) is 1.89. The molecule has 17 heavy (non-hydrogen) atoms. The summed E-state index contributed by atoms with van der Waals surface area (Å²) in [5.41, 5.74) is 0.130. The van der Waals surface area contributed by atoms with Gasteiger partial charge in [0.05, 0.1) is 6.04 Å². The highest BCUT2D eigenvalue weighted by Crippen LogP contribution is 2.30. The summed E-state index contributed by atoms with van der Waals surface area (Å²) in [6, 6.07) is -0.000810. The smallest absolute Gasteiger partial charge is 0.240 e. The zero-order valence-corrected chi connectivity index (χ0v) is 12.3. The number of carbonyl (C=O) groups excluding carboxylic acids is 1. The molecule has 0 aliphatic carbocycles. The molecular formula is C14H28N2O. The average molecular weight is 240 g/mol. The Hall–Kier alpha value is -0.570. The van der Waals surface area contributed by atoms with Gasteiger partial charge in [0.15, 0.2) is 0 Å². The molecule has 1 amide bonds. The second-order valence-corrected chi connectivity index (χ2v) is 7.03. The molecule has 1 rings (SSSR count). The second kappa shape index (κ2) is 4.97. The summed E-state index contributed by atoms with van der Waals surface area (Å²) in [4.78, 5) is 14.6. The van der Waals surface area contributed by atoms with Crippen LogP contribution in [0.1, 0.15) is 53.9 Å². The van der Waals surface area contributed by atoms with Gasteiger partial charge < -0.3 is 10.2 Å². The third-order valence-corrected chi connectivity index (χ3v) is 3.56. The molecule has 1 unspecified atom stereocenters. The van der Waals surface area contributed by atoms with Gasteiger partial charge >= 0.3 is 0 Å². The van der Waals surface area contributed by atoms with Crippen molar-refractivity contribution in [2.24, 2.45) is 5.41 Å². The number of hydrogen-bond acceptors (Lipinski definition) is 2. The maximum atomic E-state index is 12.5. The molecule has 1 aliphatic heterocycles. The van der Waals surface area contributed by atoms with Gasteiger partial charge in [0.2, 0.25) is 5.91 Å². The SMILES string of the molecule is CNC1CCCC(C)(C)N(CC(C)(C)C)C1=O. The summed E-state index contributed by atoms with van der Waals surface area (Å²) >= 11 is 0. The number of carbonyl (C=O) groups is 1. The van der Waals surface area contributed by atoms with E-state index in [-0.39, 0.29) is 22.9 Å². The average Bonchev–Trinajstić information content (AvgIpc) is 2.27. The molecule has 0 aromatic heterocycles. The van der Waals surface area contributed by atoms with Crippen molar-refractivity contribution in [3.8, 4) is 0 Å². The summed E-state index contributed by atoms with van der Waals surface area (Å²) < 4.78 is 0. The highest BCUT2D eigenvalue weighted by atomic mass is 16.2. The minimum absolute atomic E-state index is 0.000810. The van der Waals surface area contributed by atoms with Gasteiger partial charge in [0.25, 0.3) is 0 Å². The van der Waals surface area contributed by atoms with Crippen molar-refractivity contribution >= 4 is 5.91 Å². The molecule has 0 aromatic carbocycles. The second-order valence-electron chi connectivity index (χ2n) is 7.03. The first-order valence-electron chi connectivity index (χ1n) is 6.66. The van der Waals surface area contributed by atoms with Crippen LogP contribution in [0.15, 0.2) is 0 Å². The van der Waals surface area contributed by atoms with Gasteiger partial charge in [0.1, 0.15) is 0 Å². The number of hydrogen-bond donors (Lipinski definition) is 1. The minimum atomic E-state index is -0.0179. The molecule has 0 spiro atoms. The first kappa shape index (κ1) is 14.5. The van der Waals surface area contributed by atoms with Crippen molar-refractivity contribution in [3.05, 3.63) is 0 Å². The number of nitrogens with zero attached hydrogens (tertiary/aromatic N) is 1. The van der Waals surface area contributed by atoms with E-state index >= 15 is 0 Å². The van der Waals surface area contributed by atoms with E-state index < -0.39 is 0 Å². The van der Waals surface area contributed by atoms with E-state index in [0.29, 0.717) is 0 Å². The van der Waals surface area contributed by atoms with E-state index in [9.17, 15) is 4.79 Å². The third kappa shape index (κ3) is 3.70. The molecular weight excluding hydrogens is 212 g/mol. The third-order valence-electron chi connectivity index (χ3n) is 3.56. The molecule has 1 heterocycles. The maximum absolute atomic E-state index is 12.5. The van der Waals surface area contributed by atoms with E-state index in [4.69, 9.17) is 0 Å². The molecule has 1 saturated heterocycles. The van der Waals surface area contributed by atoms with Crippen molar-refractivity contribution in [2.45, 2.75) is 65.5 Å². The Morgan fingerprint density at radius 3 is 2.47 bits per heavy atom. The predicted molar refractivity (Wildman–Crippen MR) is 71.9 cm³/mol. The van der Waals surface area contributed by atoms with Crippen LogP contribution in [-0.4, -0.2) is 36.0 Å². The van der Waals surface area contributed by atoms with Gasteiger partial charge in [-0.05, 0) is 45.6 Å². The number of rotatable bonds is 2. The maximum Gasteiger partial charge on any atom is 0.240 e. The van der Waals surface area contributed by atoms with Gasteiger partial charge in [-0.2, -0.15) is 0 Å². The van der Waals surface area contributed by atoms with Gasteiger partial charge in [-0.25, -0.2) is 0 Å².